The first kappa shape index (κ1) is 19.9. The van der Waals surface area contributed by atoms with Gasteiger partial charge in [-0.2, -0.15) is 0 Å². The molecular weight excluding hydrogens is 368 g/mol. The summed E-state index contributed by atoms with van der Waals surface area (Å²) < 4.78 is 5.48. The van der Waals surface area contributed by atoms with Crippen LogP contribution in [0.4, 0.5) is 0 Å². The summed E-state index contributed by atoms with van der Waals surface area (Å²) in [6.45, 7) is -0.204. The average Bonchev–Trinajstić information content (AvgIpc) is 2.69. The number of amides is 2. The predicted octanol–water partition coefficient (Wildman–Crippen LogP) is 2.69. The fourth-order valence-corrected chi connectivity index (χ4v) is 6.03. The Morgan fingerprint density at radius 1 is 1.03 bits per heavy atom. The summed E-state index contributed by atoms with van der Waals surface area (Å²) in [6, 6.07) is 8.96. The van der Waals surface area contributed by atoms with Crippen LogP contribution in [-0.2, 0) is 19.1 Å². The van der Waals surface area contributed by atoms with Gasteiger partial charge in [-0.15, -0.1) is 0 Å². The first-order valence-electron chi connectivity index (χ1n) is 10.6. The molecule has 1 atom stereocenters. The summed E-state index contributed by atoms with van der Waals surface area (Å²) in [5.41, 5.74) is 0.319. The summed E-state index contributed by atoms with van der Waals surface area (Å²) in [5, 5.41) is 2.83. The SMILES string of the molecule is CN(C)C(=O)[C@H](OC(=O)CNC(=O)C12CC3CC(CC(C3)C1)C2)c1ccccc1. The van der Waals surface area contributed by atoms with Crippen molar-refractivity contribution in [2.45, 2.75) is 44.6 Å². The Kier molecular flexibility index (Phi) is 5.36. The lowest BCUT2D eigenvalue weighted by atomic mass is 9.49. The summed E-state index contributed by atoms with van der Waals surface area (Å²) in [7, 11) is 3.25. The van der Waals surface area contributed by atoms with Gasteiger partial charge in [0, 0.05) is 25.1 Å². The third-order valence-corrected chi connectivity index (χ3v) is 6.93. The van der Waals surface area contributed by atoms with E-state index >= 15 is 0 Å². The number of hydrogen-bond acceptors (Lipinski definition) is 4. The van der Waals surface area contributed by atoms with E-state index < -0.39 is 12.1 Å². The van der Waals surface area contributed by atoms with E-state index in [0.29, 0.717) is 23.3 Å². The predicted molar refractivity (Wildman–Crippen MR) is 108 cm³/mol. The van der Waals surface area contributed by atoms with Crippen molar-refractivity contribution in [3.63, 3.8) is 0 Å². The molecule has 4 aliphatic rings. The van der Waals surface area contributed by atoms with Crippen molar-refractivity contribution in [3.05, 3.63) is 35.9 Å². The Labute approximate surface area is 172 Å². The highest BCUT2D eigenvalue weighted by Gasteiger charge is 2.54. The van der Waals surface area contributed by atoms with Crippen LogP contribution in [0.5, 0.6) is 0 Å². The topological polar surface area (TPSA) is 75.7 Å². The summed E-state index contributed by atoms with van der Waals surface area (Å²) in [6.07, 6.45) is 5.64. The number of rotatable bonds is 6. The Bertz CT molecular complexity index is 754. The lowest BCUT2D eigenvalue weighted by Gasteiger charge is -2.55. The molecule has 1 N–H and O–H groups in total. The van der Waals surface area contributed by atoms with Gasteiger partial charge in [0.05, 0.1) is 0 Å². The van der Waals surface area contributed by atoms with Gasteiger partial charge >= 0.3 is 5.97 Å². The molecule has 4 bridgehead atoms. The van der Waals surface area contributed by atoms with Gasteiger partial charge in [0.15, 0.2) is 0 Å². The van der Waals surface area contributed by atoms with Crippen LogP contribution in [0.25, 0.3) is 0 Å². The lowest BCUT2D eigenvalue weighted by molar-refractivity contribution is -0.160. The van der Waals surface area contributed by atoms with Gasteiger partial charge in [0.2, 0.25) is 12.0 Å². The van der Waals surface area contributed by atoms with Gasteiger partial charge in [0.1, 0.15) is 6.54 Å². The molecule has 2 amide bonds. The number of likely N-dealkylation sites (N-methyl/N-ethyl adjacent to an activating group) is 1. The minimum Gasteiger partial charge on any atom is -0.446 e. The smallest absolute Gasteiger partial charge is 0.326 e. The number of ether oxygens (including phenoxy) is 1. The zero-order valence-electron chi connectivity index (χ0n) is 17.2. The molecule has 5 rings (SSSR count). The second kappa shape index (κ2) is 7.81. The fraction of sp³-hybridized carbons (Fsp3) is 0.609. The summed E-state index contributed by atoms with van der Waals surface area (Å²) in [5.74, 6) is 1.09. The van der Waals surface area contributed by atoms with E-state index in [9.17, 15) is 14.4 Å². The number of benzene rings is 1. The first-order valence-corrected chi connectivity index (χ1v) is 10.6. The Morgan fingerprint density at radius 2 is 1.59 bits per heavy atom. The number of esters is 1. The molecule has 0 saturated heterocycles. The standard InChI is InChI=1S/C23H30N2O4/c1-25(2)21(27)20(18-6-4-3-5-7-18)29-19(26)14-24-22(28)23-11-15-8-16(12-23)10-17(9-15)13-23/h3-7,15-17,20H,8-14H2,1-2H3,(H,24,28)/t15?,16?,17?,20-,23?/m1/s1. The van der Waals surface area contributed by atoms with Crippen molar-refractivity contribution in [3.8, 4) is 0 Å². The van der Waals surface area contributed by atoms with Crippen LogP contribution < -0.4 is 5.32 Å². The van der Waals surface area contributed by atoms with Crippen LogP contribution in [0, 0.1) is 23.2 Å². The molecule has 4 aliphatic carbocycles. The van der Waals surface area contributed by atoms with E-state index in [2.05, 4.69) is 5.32 Å². The van der Waals surface area contributed by atoms with Crippen molar-refractivity contribution >= 4 is 17.8 Å². The minimum atomic E-state index is -1.00. The number of hydrogen-bond donors (Lipinski definition) is 1. The van der Waals surface area contributed by atoms with Crippen LogP contribution >= 0.6 is 0 Å². The van der Waals surface area contributed by atoms with Crippen molar-refractivity contribution < 1.29 is 19.1 Å². The van der Waals surface area contributed by atoms with E-state index in [1.54, 1.807) is 38.4 Å². The highest BCUT2D eigenvalue weighted by Crippen LogP contribution is 2.60. The van der Waals surface area contributed by atoms with E-state index in [1.807, 2.05) is 6.07 Å². The first-order chi connectivity index (χ1) is 13.9. The lowest BCUT2D eigenvalue weighted by Crippen LogP contribution is -2.54. The van der Waals surface area contributed by atoms with Crippen molar-refractivity contribution in [1.29, 1.82) is 0 Å². The maximum atomic E-state index is 13.0. The van der Waals surface area contributed by atoms with E-state index in [1.165, 1.54) is 24.2 Å². The van der Waals surface area contributed by atoms with Gasteiger partial charge < -0.3 is 15.0 Å². The van der Waals surface area contributed by atoms with Crippen LogP contribution in [0.1, 0.15) is 50.2 Å². The average molecular weight is 399 g/mol. The molecule has 29 heavy (non-hydrogen) atoms. The molecule has 4 saturated carbocycles. The third kappa shape index (κ3) is 4.02. The number of nitrogens with one attached hydrogen (secondary N) is 1. The van der Waals surface area contributed by atoms with Gasteiger partial charge in [-0.25, -0.2) is 0 Å². The van der Waals surface area contributed by atoms with E-state index in [4.69, 9.17) is 4.74 Å². The van der Waals surface area contributed by atoms with Crippen molar-refractivity contribution in [2.75, 3.05) is 20.6 Å². The Morgan fingerprint density at radius 3 is 2.10 bits per heavy atom. The maximum absolute atomic E-state index is 13.0. The normalized spacial score (nSPS) is 30.5. The van der Waals surface area contributed by atoms with Crippen LogP contribution in [0.3, 0.4) is 0 Å². The second-order valence-electron chi connectivity index (χ2n) is 9.39. The molecule has 1 aromatic rings. The number of carbonyl (C=O) groups is 3. The molecule has 6 nitrogen and oxygen atoms in total. The highest BCUT2D eigenvalue weighted by atomic mass is 16.5. The van der Waals surface area contributed by atoms with E-state index in [0.717, 1.165) is 19.3 Å². The summed E-state index contributed by atoms with van der Waals surface area (Å²) in [4.78, 5) is 39.4. The molecule has 0 heterocycles. The largest absolute Gasteiger partial charge is 0.446 e. The molecule has 156 valence electrons. The van der Waals surface area contributed by atoms with Gasteiger partial charge in [-0.3, -0.25) is 14.4 Å². The van der Waals surface area contributed by atoms with Crippen LogP contribution in [0.2, 0.25) is 0 Å². The minimum absolute atomic E-state index is 0.0104. The molecule has 0 unspecified atom stereocenters. The number of nitrogens with zero attached hydrogens (tertiary/aromatic N) is 1. The van der Waals surface area contributed by atoms with E-state index in [-0.39, 0.29) is 23.8 Å². The van der Waals surface area contributed by atoms with Crippen molar-refractivity contribution in [1.82, 2.24) is 10.2 Å². The van der Waals surface area contributed by atoms with Crippen LogP contribution in [0.15, 0.2) is 30.3 Å². The molecule has 1 aromatic carbocycles. The Hall–Kier alpha value is -2.37. The second-order valence-corrected chi connectivity index (χ2v) is 9.39. The molecule has 0 aromatic heterocycles. The molecule has 4 fully saturated rings. The van der Waals surface area contributed by atoms with Gasteiger partial charge in [-0.1, -0.05) is 30.3 Å². The zero-order chi connectivity index (χ0) is 20.6. The summed E-state index contributed by atoms with van der Waals surface area (Å²) >= 11 is 0. The monoisotopic (exact) mass is 398 g/mol. The fourth-order valence-electron chi connectivity index (χ4n) is 6.03. The number of carbonyl (C=O) groups excluding carboxylic acids is 3. The molecule has 0 radical (unpaired) electrons. The van der Waals surface area contributed by atoms with Crippen molar-refractivity contribution in [2.24, 2.45) is 23.2 Å². The van der Waals surface area contributed by atoms with Crippen LogP contribution in [-0.4, -0.2) is 43.3 Å². The third-order valence-electron chi connectivity index (χ3n) is 6.93. The quantitative estimate of drug-likeness (QED) is 0.748. The molecule has 6 heteroatoms. The molecular formula is C23H30N2O4. The maximum Gasteiger partial charge on any atom is 0.326 e. The zero-order valence-corrected chi connectivity index (χ0v) is 17.2. The molecule has 0 spiro atoms. The van der Waals surface area contributed by atoms with Gasteiger partial charge in [0.25, 0.3) is 5.91 Å². The highest BCUT2D eigenvalue weighted by molar-refractivity contribution is 5.88. The molecule has 0 aliphatic heterocycles. The Balaban J connectivity index is 1.37. The van der Waals surface area contributed by atoms with Gasteiger partial charge in [-0.05, 0) is 56.3 Å².